The summed E-state index contributed by atoms with van der Waals surface area (Å²) in [6, 6.07) is 15.7. The molecule has 0 spiro atoms. The Kier molecular flexibility index (Phi) is 2.00. The number of nitrogens with one attached hydrogen (secondary N) is 1. The van der Waals surface area contributed by atoms with Crippen molar-refractivity contribution in [2.45, 2.75) is 6.54 Å². The number of carbonyl (C=O) groups is 1. The molecule has 1 aliphatic heterocycles. The zero-order chi connectivity index (χ0) is 12.8. The van der Waals surface area contributed by atoms with Crippen molar-refractivity contribution in [3.63, 3.8) is 0 Å². The lowest BCUT2D eigenvalue weighted by Gasteiger charge is -2.06. The highest BCUT2D eigenvalue weighted by atomic mass is 16.2. The first-order valence-corrected chi connectivity index (χ1v) is 6.17. The fourth-order valence-electron chi connectivity index (χ4n) is 2.54. The highest BCUT2D eigenvalue weighted by Gasteiger charge is 2.22. The molecule has 0 unspecified atom stereocenters. The van der Waals surface area contributed by atoms with Crippen LogP contribution >= 0.6 is 0 Å². The van der Waals surface area contributed by atoms with E-state index in [1.807, 2.05) is 53.1 Å². The third-order valence-corrected chi connectivity index (χ3v) is 3.45. The van der Waals surface area contributed by atoms with Crippen molar-refractivity contribution in [3.8, 4) is 0 Å². The summed E-state index contributed by atoms with van der Waals surface area (Å²) < 4.78 is 1.97. The average Bonchev–Trinajstić information content (AvgIpc) is 2.73. The van der Waals surface area contributed by atoms with Crippen LogP contribution in [-0.2, 0) is 6.54 Å². The fraction of sp³-hybridized carbons (Fsp3) is 0.0667. The summed E-state index contributed by atoms with van der Waals surface area (Å²) in [5, 5.41) is 2.92. The number of aromatic nitrogens is 2. The molecular weight excluding hydrogens is 238 g/mol. The maximum absolute atomic E-state index is 12.2. The third kappa shape index (κ3) is 1.46. The van der Waals surface area contributed by atoms with Crippen molar-refractivity contribution in [1.29, 1.82) is 0 Å². The van der Waals surface area contributed by atoms with Crippen molar-refractivity contribution in [1.82, 2.24) is 9.55 Å². The molecule has 0 atom stereocenters. The van der Waals surface area contributed by atoms with E-state index in [2.05, 4.69) is 10.3 Å². The fourth-order valence-corrected chi connectivity index (χ4v) is 2.54. The lowest BCUT2D eigenvalue weighted by Crippen LogP contribution is -2.14. The van der Waals surface area contributed by atoms with Gasteiger partial charge in [-0.2, -0.15) is 0 Å². The van der Waals surface area contributed by atoms with Crippen LogP contribution in [-0.4, -0.2) is 15.5 Å². The molecule has 2 heterocycles. The van der Waals surface area contributed by atoms with Gasteiger partial charge in [0.1, 0.15) is 0 Å². The van der Waals surface area contributed by atoms with Crippen LogP contribution in [0.15, 0.2) is 48.5 Å². The molecule has 1 aromatic heterocycles. The van der Waals surface area contributed by atoms with E-state index in [9.17, 15) is 4.79 Å². The van der Waals surface area contributed by atoms with E-state index in [0.29, 0.717) is 12.4 Å². The second-order valence-electron chi connectivity index (χ2n) is 4.62. The maximum Gasteiger partial charge on any atom is 0.291 e. The van der Waals surface area contributed by atoms with E-state index < -0.39 is 0 Å². The van der Waals surface area contributed by atoms with Gasteiger partial charge in [0.25, 0.3) is 5.91 Å². The van der Waals surface area contributed by atoms with Crippen LogP contribution in [0.25, 0.3) is 11.0 Å². The molecule has 0 bridgehead atoms. The molecular formula is C15H11N3O. The van der Waals surface area contributed by atoms with Crippen LogP contribution in [0.2, 0.25) is 0 Å². The molecule has 1 amide bonds. The standard InChI is InChI=1S/C15H11N3O/c19-15-14-16-12-7-3-4-8-13(12)18(14)9-10-5-1-2-6-11(10)17-15/h1-8H,9H2,(H,17,19). The molecule has 1 N–H and O–H groups in total. The predicted molar refractivity (Wildman–Crippen MR) is 73.2 cm³/mol. The Bertz CT molecular complexity index is 804. The van der Waals surface area contributed by atoms with E-state index in [-0.39, 0.29) is 5.91 Å². The Morgan fingerprint density at radius 1 is 1.05 bits per heavy atom. The monoisotopic (exact) mass is 249 g/mol. The molecule has 4 heteroatoms. The largest absolute Gasteiger partial charge is 0.319 e. The van der Waals surface area contributed by atoms with Crippen LogP contribution in [0.3, 0.4) is 0 Å². The molecule has 4 nitrogen and oxygen atoms in total. The highest BCUT2D eigenvalue weighted by molar-refractivity contribution is 6.05. The second-order valence-corrected chi connectivity index (χ2v) is 4.62. The molecule has 19 heavy (non-hydrogen) atoms. The van der Waals surface area contributed by atoms with Crippen molar-refractivity contribution < 1.29 is 4.79 Å². The third-order valence-electron chi connectivity index (χ3n) is 3.45. The number of fused-ring (bicyclic) bond motifs is 4. The summed E-state index contributed by atoms with van der Waals surface area (Å²) in [5.41, 5.74) is 3.80. The van der Waals surface area contributed by atoms with Crippen LogP contribution in [0.5, 0.6) is 0 Å². The number of hydrogen-bond acceptors (Lipinski definition) is 2. The molecule has 3 aromatic rings. The van der Waals surface area contributed by atoms with Crippen molar-refractivity contribution >= 4 is 22.6 Å². The first kappa shape index (κ1) is 10.3. The lowest BCUT2D eigenvalue weighted by atomic mass is 10.2. The summed E-state index contributed by atoms with van der Waals surface area (Å²) in [6.45, 7) is 0.658. The zero-order valence-electron chi connectivity index (χ0n) is 10.1. The minimum absolute atomic E-state index is 0.152. The van der Waals surface area contributed by atoms with Crippen LogP contribution in [0, 0.1) is 0 Å². The van der Waals surface area contributed by atoms with Crippen molar-refractivity contribution in [2.24, 2.45) is 0 Å². The maximum atomic E-state index is 12.2. The molecule has 0 saturated carbocycles. The first-order valence-electron chi connectivity index (χ1n) is 6.17. The van der Waals surface area contributed by atoms with Gasteiger partial charge in [0.2, 0.25) is 5.82 Å². The normalized spacial score (nSPS) is 13.6. The number of imidazole rings is 1. The van der Waals surface area contributed by atoms with Crippen LogP contribution < -0.4 is 5.32 Å². The van der Waals surface area contributed by atoms with Gasteiger partial charge in [0.05, 0.1) is 17.6 Å². The molecule has 1 aliphatic rings. The van der Waals surface area contributed by atoms with E-state index in [1.165, 1.54) is 0 Å². The van der Waals surface area contributed by atoms with Gasteiger partial charge in [-0.1, -0.05) is 30.3 Å². The minimum atomic E-state index is -0.152. The van der Waals surface area contributed by atoms with Crippen molar-refractivity contribution in [3.05, 3.63) is 59.9 Å². The number of amides is 1. The molecule has 92 valence electrons. The number of anilines is 1. The minimum Gasteiger partial charge on any atom is -0.319 e. The quantitative estimate of drug-likeness (QED) is 0.665. The van der Waals surface area contributed by atoms with E-state index in [1.54, 1.807) is 0 Å². The van der Waals surface area contributed by atoms with Gasteiger partial charge in [-0.25, -0.2) is 4.98 Å². The van der Waals surface area contributed by atoms with Gasteiger partial charge in [-0.15, -0.1) is 0 Å². The molecule has 4 rings (SSSR count). The van der Waals surface area contributed by atoms with E-state index in [4.69, 9.17) is 0 Å². The molecule has 0 saturated heterocycles. The lowest BCUT2D eigenvalue weighted by molar-refractivity contribution is 0.101. The first-order chi connectivity index (χ1) is 9.33. The summed E-state index contributed by atoms with van der Waals surface area (Å²) in [5.74, 6) is 0.318. The highest BCUT2D eigenvalue weighted by Crippen LogP contribution is 2.25. The smallest absolute Gasteiger partial charge is 0.291 e. The van der Waals surface area contributed by atoms with Gasteiger partial charge < -0.3 is 9.88 Å². The Balaban J connectivity index is 2.01. The van der Waals surface area contributed by atoms with Gasteiger partial charge in [0.15, 0.2) is 0 Å². The number of hydrogen-bond donors (Lipinski definition) is 1. The average molecular weight is 249 g/mol. The second kappa shape index (κ2) is 3.68. The Morgan fingerprint density at radius 3 is 2.79 bits per heavy atom. The molecule has 0 radical (unpaired) electrons. The number of para-hydroxylation sites is 3. The van der Waals surface area contributed by atoms with Crippen molar-refractivity contribution in [2.75, 3.05) is 5.32 Å². The summed E-state index contributed by atoms with van der Waals surface area (Å²) in [6.07, 6.45) is 0. The predicted octanol–water partition coefficient (Wildman–Crippen LogP) is 2.65. The Hall–Kier alpha value is -2.62. The number of nitrogens with zero attached hydrogens (tertiary/aromatic N) is 2. The summed E-state index contributed by atoms with van der Waals surface area (Å²) in [7, 11) is 0. The molecule has 0 aliphatic carbocycles. The van der Waals surface area contributed by atoms with Crippen LogP contribution in [0.4, 0.5) is 5.69 Å². The van der Waals surface area contributed by atoms with Crippen LogP contribution in [0.1, 0.15) is 16.2 Å². The van der Waals surface area contributed by atoms with E-state index >= 15 is 0 Å². The molecule has 0 fully saturated rings. The van der Waals surface area contributed by atoms with Gasteiger partial charge >= 0.3 is 0 Å². The number of carbonyl (C=O) groups excluding carboxylic acids is 1. The summed E-state index contributed by atoms with van der Waals surface area (Å²) in [4.78, 5) is 16.7. The number of benzene rings is 2. The summed E-state index contributed by atoms with van der Waals surface area (Å²) >= 11 is 0. The Morgan fingerprint density at radius 2 is 1.84 bits per heavy atom. The Labute approximate surface area is 109 Å². The van der Waals surface area contributed by atoms with E-state index in [0.717, 1.165) is 22.3 Å². The van der Waals surface area contributed by atoms with Gasteiger partial charge in [0, 0.05) is 5.69 Å². The molecule has 2 aromatic carbocycles. The topological polar surface area (TPSA) is 46.9 Å². The van der Waals surface area contributed by atoms with Gasteiger partial charge in [-0.3, -0.25) is 4.79 Å². The SMILES string of the molecule is O=C1Nc2ccccc2Cn2c1nc1ccccc12. The van der Waals surface area contributed by atoms with Gasteiger partial charge in [-0.05, 0) is 23.8 Å². The zero-order valence-corrected chi connectivity index (χ0v) is 10.1. The number of rotatable bonds is 0.